The third-order valence-corrected chi connectivity index (χ3v) is 3.15. The fourth-order valence-electron chi connectivity index (χ4n) is 2.11. The van der Waals surface area contributed by atoms with Crippen LogP contribution in [0.4, 0.5) is 5.88 Å². The van der Waals surface area contributed by atoms with Crippen LogP contribution in [-0.2, 0) is 4.74 Å². The number of hydrogen-bond acceptors (Lipinski definition) is 5. The standard InChI is InChI=1S/C13H21N3O3/c1-3-4-10(2)14-13(17)11-9-12(19-15-11)16-5-7-18-8-6-16/h9-10H,3-8H2,1-2H3,(H,14,17). The first-order chi connectivity index (χ1) is 9.20. The van der Waals surface area contributed by atoms with Gasteiger partial charge >= 0.3 is 0 Å². The van der Waals surface area contributed by atoms with Crippen LogP contribution in [-0.4, -0.2) is 43.4 Å². The van der Waals surface area contributed by atoms with E-state index >= 15 is 0 Å². The first kappa shape index (κ1) is 13.9. The number of nitrogens with zero attached hydrogens (tertiary/aromatic N) is 2. The van der Waals surface area contributed by atoms with Crippen LogP contribution in [0.3, 0.4) is 0 Å². The number of aromatic nitrogens is 1. The smallest absolute Gasteiger partial charge is 0.273 e. The predicted octanol–water partition coefficient (Wildman–Crippen LogP) is 1.43. The summed E-state index contributed by atoms with van der Waals surface area (Å²) in [5.74, 6) is 0.459. The van der Waals surface area contributed by atoms with E-state index in [1.165, 1.54) is 0 Å². The van der Waals surface area contributed by atoms with E-state index in [2.05, 4.69) is 17.4 Å². The van der Waals surface area contributed by atoms with Crippen LogP contribution >= 0.6 is 0 Å². The van der Waals surface area contributed by atoms with Gasteiger partial charge in [-0.15, -0.1) is 0 Å². The van der Waals surface area contributed by atoms with Gasteiger partial charge in [0.05, 0.1) is 13.2 Å². The lowest BCUT2D eigenvalue weighted by Crippen LogP contribution is -2.36. The molecule has 0 aliphatic carbocycles. The lowest BCUT2D eigenvalue weighted by molar-refractivity contribution is 0.0929. The molecule has 19 heavy (non-hydrogen) atoms. The highest BCUT2D eigenvalue weighted by atomic mass is 16.5. The lowest BCUT2D eigenvalue weighted by Gasteiger charge is -2.25. The van der Waals surface area contributed by atoms with Crippen LogP contribution in [0.25, 0.3) is 0 Å². The third-order valence-electron chi connectivity index (χ3n) is 3.15. The number of carbonyl (C=O) groups excluding carboxylic acids is 1. The van der Waals surface area contributed by atoms with Crippen LogP contribution in [0, 0.1) is 0 Å². The summed E-state index contributed by atoms with van der Waals surface area (Å²) in [6, 6.07) is 1.85. The van der Waals surface area contributed by atoms with Gasteiger partial charge < -0.3 is 19.5 Å². The van der Waals surface area contributed by atoms with Crippen LogP contribution < -0.4 is 10.2 Å². The molecule has 1 aromatic rings. The van der Waals surface area contributed by atoms with Crippen molar-refractivity contribution >= 4 is 11.8 Å². The molecule has 1 atom stereocenters. The molecular formula is C13H21N3O3. The van der Waals surface area contributed by atoms with Gasteiger partial charge in [0.1, 0.15) is 0 Å². The Kier molecular flexibility index (Phi) is 4.79. The van der Waals surface area contributed by atoms with Gasteiger partial charge in [-0.05, 0) is 13.3 Å². The highest BCUT2D eigenvalue weighted by molar-refractivity contribution is 5.93. The maximum Gasteiger partial charge on any atom is 0.273 e. The first-order valence-electron chi connectivity index (χ1n) is 6.81. The molecule has 0 aromatic carbocycles. The third kappa shape index (κ3) is 3.70. The van der Waals surface area contributed by atoms with Crippen LogP contribution in [0.1, 0.15) is 37.2 Å². The molecule has 0 spiro atoms. The first-order valence-corrected chi connectivity index (χ1v) is 6.81. The number of ether oxygens (including phenoxy) is 1. The SMILES string of the molecule is CCCC(C)NC(=O)c1cc(N2CCOCC2)on1. The van der Waals surface area contributed by atoms with E-state index in [1.54, 1.807) is 6.07 Å². The largest absolute Gasteiger partial charge is 0.378 e. The van der Waals surface area contributed by atoms with Gasteiger partial charge in [-0.1, -0.05) is 18.5 Å². The topological polar surface area (TPSA) is 67.6 Å². The van der Waals surface area contributed by atoms with Gasteiger partial charge in [-0.2, -0.15) is 0 Å². The molecule has 106 valence electrons. The molecule has 6 nitrogen and oxygen atoms in total. The zero-order valence-corrected chi connectivity index (χ0v) is 11.5. The molecule has 0 saturated carbocycles. The molecule has 2 heterocycles. The molecule has 1 aromatic heterocycles. The van der Waals surface area contributed by atoms with Crippen molar-refractivity contribution in [3.8, 4) is 0 Å². The number of hydrogen-bond donors (Lipinski definition) is 1. The average Bonchev–Trinajstić information content (AvgIpc) is 2.89. The van der Waals surface area contributed by atoms with E-state index in [9.17, 15) is 4.79 Å². The fraction of sp³-hybridized carbons (Fsp3) is 0.692. The summed E-state index contributed by atoms with van der Waals surface area (Å²) in [7, 11) is 0. The molecule has 1 amide bonds. The summed E-state index contributed by atoms with van der Waals surface area (Å²) in [5.41, 5.74) is 0.337. The van der Waals surface area contributed by atoms with E-state index in [0.717, 1.165) is 25.9 Å². The molecule has 1 N–H and O–H groups in total. The molecule has 0 radical (unpaired) electrons. The summed E-state index contributed by atoms with van der Waals surface area (Å²) >= 11 is 0. The van der Waals surface area contributed by atoms with Crippen molar-refractivity contribution in [1.29, 1.82) is 0 Å². The minimum absolute atomic E-state index is 0.154. The number of rotatable bonds is 5. The molecule has 0 bridgehead atoms. The van der Waals surface area contributed by atoms with Gasteiger partial charge in [-0.3, -0.25) is 4.79 Å². The van der Waals surface area contributed by atoms with Gasteiger partial charge in [0.15, 0.2) is 5.69 Å². The summed E-state index contributed by atoms with van der Waals surface area (Å²) in [5, 5.41) is 6.74. The summed E-state index contributed by atoms with van der Waals surface area (Å²) in [6.45, 7) is 6.97. The van der Waals surface area contributed by atoms with Crippen molar-refractivity contribution in [2.24, 2.45) is 0 Å². The molecule has 1 fully saturated rings. The Morgan fingerprint density at radius 3 is 2.95 bits per heavy atom. The van der Waals surface area contributed by atoms with E-state index in [1.807, 2.05) is 11.8 Å². The van der Waals surface area contributed by atoms with Crippen LogP contribution in [0.5, 0.6) is 0 Å². The van der Waals surface area contributed by atoms with Crippen molar-refractivity contribution < 1.29 is 14.1 Å². The fourth-order valence-corrected chi connectivity index (χ4v) is 2.11. The predicted molar refractivity (Wildman–Crippen MR) is 71.4 cm³/mol. The number of anilines is 1. The van der Waals surface area contributed by atoms with Crippen molar-refractivity contribution in [1.82, 2.24) is 10.5 Å². The lowest BCUT2D eigenvalue weighted by atomic mass is 10.2. The Labute approximate surface area is 113 Å². The molecule has 1 aliphatic rings. The Balaban J connectivity index is 1.94. The Bertz CT molecular complexity index is 413. The summed E-state index contributed by atoms with van der Waals surface area (Å²) in [4.78, 5) is 14.0. The van der Waals surface area contributed by atoms with Gasteiger partial charge in [0, 0.05) is 25.2 Å². The van der Waals surface area contributed by atoms with Crippen LogP contribution in [0.15, 0.2) is 10.6 Å². The van der Waals surface area contributed by atoms with Crippen molar-refractivity contribution in [3.63, 3.8) is 0 Å². The molecule has 6 heteroatoms. The monoisotopic (exact) mass is 267 g/mol. The second-order valence-corrected chi connectivity index (χ2v) is 4.81. The number of amides is 1. The minimum Gasteiger partial charge on any atom is -0.378 e. The number of carbonyl (C=O) groups is 1. The normalized spacial score (nSPS) is 17.3. The van der Waals surface area contributed by atoms with E-state index in [-0.39, 0.29) is 11.9 Å². The average molecular weight is 267 g/mol. The van der Waals surface area contributed by atoms with E-state index < -0.39 is 0 Å². The number of morpholine rings is 1. The van der Waals surface area contributed by atoms with Gasteiger partial charge in [0.25, 0.3) is 5.91 Å². The van der Waals surface area contributed by atoms with E-state index in [4.69, 9.17) is 9.26 Å². The zero-order valence-electron chi connectivity index (χ0n) is 11.5. The Morgan fingerprint density at radius 1 is 1.53 bits per heavy atom. The summed E-state index contributed by atoms with van der Waals surface area (Å²) in [6.07, 6.45) is 2.00. The maximum atomic E-state index is 11.9. The quantitative estimate of drug-likeness (QED) is 0.874. The molecule has 1 aliphatic heterocycles. The van der Waals surface area contributed by atoms with E-state index in [0.29, 0.717) is 24.8 Å². The van der Waals surface area contributed by atoms with Crippen molar-refractivity contribution in [2.75, 3.05) is 31.2 Å². The molecule has 2 rings (SSSR count). The molecular weight excluding hydrogens is 246 g/mol. The zero-order chi connectivity index (χ0) is 13.7. The van der Waals surface area contributed by atoms with Crippen molar-refractivity contribution in [2.45, 2.75) is 32.7 Å². The second kappa shape index (κ2) is 6.56. The second-order valence-electron chi connectivity index (χ2n) is 4.81. The Morgan fingerprint density at radius 2 is 2.26 bits per heavy atom. The Hall–Kier alpha value is -1.56. The highest BCUT2D eigenvalue weighted by Gasteiger charge is 2.19. The minimum atomic E-state index is -0.177. The molecule has 1 saturated heterocycles. The van der Waals surface area contributed by atoms with Gasteiger partial charge in [0.2, 0.25) is 5.88 Å². The maximum absolute atomic E-state index is 11.9. The summed E-state index contributed by atoms with van der Waals surface area (Å²) < 4.78 is 10.5. The molecule has 1 unspecified atom stereocenters. The number of nitrogens with one attached hydrogen (secondary N) is 1. The van der Waals surface area contributed by atoms with Crippen molar-refractivity contribution in [3.05, 3.63) is 11.8 Å². The highest BCUT2D eigenvalue weighted by Crippen LogP contribution is 2.17. The van der Waals surface area contributed by atoms with Gasteiger partial charge in [-0.25, -0.2) is 0 Å². The van der Waals surface area contributed by atoms with Crippen LogP contribution in [0.2, 0.25) is 0 Å².